The van der Waals surface area contributed by atoms with E-state index in [4.69, 9.17) is 0 Å². The van der Waals surface area contributed by atoms with Crippen LogP contribution in [0.4, 0.5) is 79.0 Å². The van der Waals surface area contributed by atoms with Gasteiger partial charge in [-0.15, -0.1) is 0 Å². The number of halogens is 18. The van der Waals surface area contributed by atoms with Gasteiger partial charge in [-0.25, -0.2) is 39.5 Å². The summed E-state index contributed by atoms with van der Waals surface area (Å²) >= 11 is 0. The van der Waals surface area contributed by atoms with Crippen LogP contribution in [0.3, 0.4) is 0 Å². The molecule has 34 heteroatoms. The monoisotopic (exact) mass is 1980 g/mol. The van der Waals surface area contributed by atoms with Crippen molar-refractivity contribution in [3.05, 3.63) is 351 Å². The molecular weight excluding hydrogens is 1920 g/mol. The first-order valence-electron chi connectivity index (χ1n) is 44.5. The number of hydrogen-bond acceptors (Lipinski definition) is 8. The average Bonchev–Trinajstić information content (AvgIpc) is 1.61. The van der Waals surface area contributed by atoms with Crippen LogP contribution >= 0.6 is 0 Å². The number of alkyl halides is 18. The highest BCUT2D eigenvalue weighted by Gasteiger charge is 2.43. The Labute approximate surface area is 812 Å². The molecule has 0 atom stereocenters. The zero-order chi connectivity index (χ0) is 103. The summed E-state index contributed by atoms with van der Waals surface area (Å²) in [4.78, 5) is 67.8. The second kappa shape index (κ2) is 35.0. The summed E-state index contributed by atoms with van der Waals surface area (Å²) < 4.78 is 284. The lowest BCUT2D eigenvalue weighted by atomic mass is 9.92. The number of hydrogen-bond donors (Lipinski definition) is 8. The Kier molecular flexibility index (Phi) is 22.6. The Hall–Kier alpha value is -18.1. The molecule has 9 aromatic heterocycles. The highest BCUT2D eigenvalue weighted by Crippen LogP contribution is 2.50. The third kappa shape index (κ3) is 17.4. The molecule has 21 rings (SSSR count). The molecule has 6 aromatic carbocycles. The van der Waals surface area contributed by atoms with Crippen molar-refractivity contribution in [2.24, 2.45) is 0 Å². The van der Waals surface area contributed by atoms with Gasteiger partial charge in [0.15, 0.2) is 0 Å². The number of H-pyrrole nitrogens is 6. The van der Waals surface area contributed by atoms with Gasteiger partial charge in [0.25, 0.3) is 0 Å². The predicted octanol–water partition coefficient (Wildman–Crippen LogP) is 30.1. The van der Waals surface area contributed by atoms with E-state index in [0.717, 1.165) is 60.7 Å². The first-order valence-corrected chi connectivity index (χ1v) is 44.5. The molecule has 0 saturated heterocycles. The van der Waals surface area contributed by atoms with Gasteiger partial charge in [0.05, 0.1) is 113 Å². The van der Waals surface area contributed by atoms with Crippen molar-refractivity contribution in [2.45, 2.75) is 64.8 Å². The molecule has 15 heterocycles. The minimum absolute atomic E-state index is 0.00128. The molecule has 0 fully saturated rings. The van der Waals surface area contributed by atoms with Crippen LogP contribution in [0.2, 0.25) is 0 Å². The van der Waals surface area contributed by atoms with Crippen molar-refractivity contribution in [2.75, 3.05) is 0 Å². The Morgan fingerprint density at radius 1 is 0.212 bits per heavy atom. The number of fused-ring (bicyclic) bond motifs is 24. The van der Waals surface area contributed by atoms with Crippen LogP contribution in [0.5, 0.6) is 0 Å². The standard InChI is InChI=1S/C112H64F18N12O4/c1-53-49-59(7-5-57-9-13-61(14-10-57)93-67-25-37-79(131-67)99(107(113,114)115)83-41-29-71(135-83)95(63-17-21-65(22-18-63)105(143)144)72-30-42-84(136-72)100(108(116,117)118)80-38-26-68(93)132-80)50-54(2)91(53)97-75-33-45-87(139-75)103(111(125,126)127)89-47-35-77(141-89)98(78-36-48-90(142-78)104(112(128,129)130)88-46-34-76(97)140-88)92-55(3)51-60(52-56(92)4)8-6-58-11-15-62(16-12-58)94-69-27-39-81(133-69)101(109(119,120)121)85-43-31-73(137-85)96(64-19-23-66(24-20-64)106(145)146)74-32-44-86(138-74)102(110(122,123)124)82-40-28-70(94)134-82/h9-52,131,133,136,138-139,142H,1-4H3,(H,143,144)(H,145,146). The largest absolute Gasteiger partial charge is 0.478 e. The number of carbonyl (C=O) groups is 2. The summed E-state index contributed by atoms with van der Waals surface area (Å²) in [7, 11) is 0. The van der Waals surface area contributed by atoms with E-state index in [9.17, 15) is 19.8 Å². The molecule has 6 aliphatic heterocycles. The number of aromatic carboxylic acids is 2. The number of carboxylic acid groups (broad SMARTS) is 2. The van der Waals surface area contributed by atoms with E-state index >= 15 is 79.0 Å². The molecule has 146 heavy (non-hydrogen) atoms. The summed E-state index contributed by atoms with van der Waals surface area (Å²) in [5.41, 5.74) is -8.96. The van der Waals surface area contributed by atoms with Gasteiger partial charge in [-0.1, -0.05) is 72.2 Å². The molecule has 24 bridgehead atoms. The van der Waals surface area contributed by atoms with Crippen molar-refractivity contribution in [1.82, 2.24) is 59.8 Å². The van der Waals surface area contributed by atoms with Crippen LogP contribution in [0.15, 0.2) is 194 Å². The predicted molar refractivity (Wildman–Crippen MR) is 524 cm³/mol. The van der Waals surface area contributed by atoms with E-state index in [2.05, 4.69) is 83.5 Å². The molecular formula is C112H64F18N12O4. The second-order valence-electron chi connectivity index (χ2n) is 34.9. The lowest BCUT2D eigenvalue weighted by molar-refractivity contribution is -0.137. The summed E-state index contributed by atoms with van der Waals surface area (Å²) in [5, 5.41) is 19.3. The maximum atomic E-state index is 16.2. The third-order valence-corrected chi connectivity index (χ3v) is 25.4. The third-order valence-electron chi connectivity index (χ3n) is 25.4. The fraction of sp³-hybridized carbons (Fsp3) is 0.0893. The summed E-state index contributed by atoms with van der Waals surface area (Å²) in [6.45, 7) is 6.65. The lowest BCUT2D eigenvalue weighted by Gasteiger charge is -2.13. The first kappa shape index (κ1) is 94.2. The fourth-order valence-electron chi connectivity index (χ4n) is 19.3. The smallest absolute Gasteiger partial charge is 0.420 e. The summed E-state index contributed by atoms with van der Waals surface area (Å²) in [6, 6.07) is 44.2. The molecule has 0 radical (unpaired) electrons. The number of aromatic nitrogens is 12. The Balaban J connectivity index is 0.624. The number of aryl methyl sites for hydroxylation is 4. The van der Waals surface area contributed by atoms with Crippen LogP contribution in [-0.4, -0.2) is 82.0 Å². The maximum absolute atomic E-state index is 16.2. The minimum Gasteiger partial charge on any atom is -0.478 e. The van der Waals surface area contributed by atoms with E-state index in [1.165, 1.54) is 134 Å². The van der Waals surface area contributed by atoms with Crippen LogP contribution < -0.4 is 0 Å². The van der Waals surface area contributed by atoms with Gasteiger partial charge in [-0.05, 0) is 302 Å². The molecule has 8 N–H and O–H groups in total. The van der Waals surface area contributed by atoms with E-state index in [0.29, 0.717) is 55.6 Å². The van der Waals surface area contributed by atoms with E-state index < -0.39 is 150 Å². The molecule has 0 aliphatic carbocycles. The van der Waals surface area contributed by atoms with Crippen LogP contribution in [0.1, 0.15) is 167 Å². The first-order chi connectivity index (χ1) is 69.4. The molecule has 15 aromatic rings. The van der Waals surface area contributed by atoms with Gasteiger partial charge < -0.3 is 40.1 Å². The van der Waals surface area contributed by atoms with Crippen molar-refractivity contribution >= 4 is 151 Å². The van der Waals surface area contributed by atoms with Gasteiger partial charge in [-0.3, -0.25) is 0 Å². The Morgan fingerprint density at radius 3 is 0.568 bits per heavy atom. The minimum atomic E-state index is -5.13. The highest BCUT2D eigenvalue weighted by atomic mass is 19.4. The second-order valence-corrected chi connectivity index (χ2v) is 34.9. The zero-order valence-electron chi connectivity index (χ0n) is 75.6. The number of nitrogens with one attached hydrogen (secondary N) is 6. The number of rotatable bonds is 8. The Morgan fingerprint density at radius 2 is 0.377 bits per heavy atom. The molecule has 0 unspecified atom stereocenters. The van der Waals surface area contributed by atoms with Gasteiger partial charge in [0.2, 0.25) is 0 Å². The van der Waals surface area contributed by atoms with E-state index in [1.807, 2.05) is 0 Å². The number of carboxylic acids is 2. The maximum Gasteiger partial charge on any atom is 0.420 e. The normalized spacial score (nSPS) is 13.0. The SMILES string of the molecule is Cc1cc(C#Cc2ccc(-c3c4nc(c(C(F)(F)F)c5ccc([nH]5)c(-c5ccc(C(=O)O)cc5)c5nc(c(C(F)(F)F)c6ccc3[nH]6)C=C5)C=C4)cc2)cc(C)c1-c1c2nc(c(C(F)(F)F)c3ccc([nH]3)c(-c3c(C)cc(C#Cc4ccc(-c5c6nc(c(C(F)(F)F)c7ccc([nH]7)c(-c7ccc(C(=O)O)cc7)c7nc(c(C(F)(F)F)c8ccc5[nH]8)C=C7)C=C6)cc4)cc3C)c3nc(c(C(F)(F)F)c4ccc1[nH]4)C=C3)C=C2. The molecule has 16 nitrogen and oxygen atoms in total. The molecule has 722 valence electrons. The number of nitrogens with zero attached hydrogens (tertiary/aromatic N) is 6. The van der Waals surface area contributed by atoms with Crippen molar-refractivity contribution < 1.29 is 98.8 Å². The zero-order valence-corrected chi connectivity index (χ0v) is 75.6. The lowest BCUT2D eigenvalue weighted by Crippen LogP contribution is -2.08. The highest BCUT2D eigenvalue weighted by molar-refractivity contribution is 6.02. The summed E-state index contributed by atoms with van der Waals surface area (Å²) in [5.74, 6) is 9.81. The van der Waals surface area contributed by atoms with Crippen molar-refractivity contribution in [3.63, 3.8) is 0 Å². The molecule has 0 spiro atoms. The van der Waals surface area contributed by atoms with Crippen molar-refractivity contribution in [1.29, 1.82) is 0 Å². The van der Waals surface area contributed by atoms with Crippen molar-refractivity contribution in [3.8, 4) is 90.4 Å². The molecule has 0 saturated carbocycles. The van der Waals surface area contributed by atoms with Crippen LogP contribution in [0, 0.1) is 51.4 Å². The van der Waals surface area contributed by atoms with E-state index in [-0.39, 0.29) is 134 Å². The Bertz CT molecular complexity index is 8520. The number of benzene rings is 6. The van der Waals surface area contributed by atoms with E-state index in [1.54, 1.807) is 100 Å². The number of aromatic amines is 6. The summed E-state index contributed by atoms with van der Waals surface area (Å²) in [6.07, 6.45) is -16.0. The fourth-order valence-corrected chi connectivity index (χ4v) is 19.3. The molecule has 0 amide bonds. The van der Waals surface area contributed by atoms with Gasteiger partial charge in [-0.2, -0.15) is 79.0 Å². The topological polar surface area (TPSA) is 247 Å². The molecule has 6 aliphatic rings. The average molecular weight is 1980 g/mol. The van der Waals surface area contributed by atoms with Crippen LogP contribution in [0.25, 0.3) is 206 Å². The quantitative estimate of drug-likeness (QED) is 0.0528. The van der Waals surface area contributed by atoms with Gasteiger partial charge in [0.1, 0.15) is 33.4 Å². The van der Waals surface area contributed by atoms with Gasteiger partial charge >= 0.3 is 49.0 Å². The van der Waals surface area contributed by atoms with Crippen LogP contribution in [-0.2, 0) is 37.1 Å². The van der Waals surface area contributed by atoms with Gasteiger partial charge in [0, 0.05) is 88.7 Å².